The van der Waals surface area contributed by atoms with Crippen molar-refractivity contribution in [1.29, 1.82) is 0 Å². The van der Waals surface area contributed by atoms with Crippen molar-refractivity contribution in [1.82, 2.24) is 20.1 Å². The average Bonchev–Trinajstić information content (AvgIpc) is 2.42. The third-order valence-electron chi connectivity index (χ3n) is 3.61. The summed E-state index contributed by atoms with van der Waals surface area (Å²) < 4.78 is 13.1. The number of nitrogens with two attached hydrogens (primary N) is 1. The second kappa shape index (κ2) is 6.15. The van der Waals surface area contributed by atoms with E-state index in [2.05, 4.69) is 27.1 Å². The Morgan fingerprint density at radius 3 is 3.05 bits per heavy atom. The highest BCUT2D eigenvalue weighted by Gasteiger charge is 2.23. The molecule has 1 saturated heterocycles. The van der Waals surface area contributed by atoms with Crippen LogP contribution in [0.4, 0.5) is 10.2 Å². The monoisotopic (exact) mass is 281 g/mol. The number of nitrogens with one attached hydrogen (secondary N) is 1. The molecule has 0 aromatic carbocycles. The first kappa shape index (κ1) is 14.7. The Bertz CT molecular complexity index is 496. The van der Waals surface area contributed by atoms with Crippen molar-refractivity contribution in [3.8, 4) is 0 Å². The zero-order valence-corrected chi connectivity index (χ0v) is 11.8. The highest BCUT2D eigenvalue weighted by molar-refractivity contribution is 5.98. The first-order valence-corrected chi connectivity index (χ1v) is 6.55. The highest BCUT2D eigenvalue weighted by atomic mass is 19.1. The minimum absolute atomic E-state index is 0.0398. The Morgan fingerprint density at radius 1 is 1.55 bits per heavy atom. The Hall–Kier alpha value is -1.73. The van der Waals surface area contributed by atoms with Crippen molar-refractivity contribution >= 4 is 11.7 Å². The van der Waals surface area contributed by atoms with Crippen LogP contribution in [0.25, 0.3) is 0 Å². The number of hydrogen-bond donors (Lipinski definition) is 2. The van der Waals surface area contributed by atoms with Crippen LogP contribution in [-0.2, 0) is 0 Å². The molecule has 7 heteroatoms. The maximum atomic E-state index is 13.1. The molecule has 2 rings (SSSR count). The van der Waals surface area contributed by atoms with Crippen LogP contribution in [0.1, 0.15) is 10.4 Å². The van der Waals surface area contributed by atoms with Crippen LogP contribution in [-0.4, -0.2) is 67.0 Å². The second-order valence-electron chi connectivity index (χ2n) is 5.19. The van der Waals surface area contributed by atoms with E-state index in [1.54, 1.807) is 0 Å². The van der Waals surface area contributed by atoms with Crippen LogP contribution in [0, 0.1) is 5.82 Å². The molecular formula is C13H20FN5O. The molecule has 1 fully saturated rings. The zero-order chi connectivity index (χ0) is 14.7. The molecule has 1 amide bonds. The van der Waals surface area contributed by atoms with Crippen LogP contribution in [0.5, 0.6) is 0 Å². The van der Waals surface area contributed by atoms with Gasteiger partial charge in [0.05, 0.1) is 11.8 Å². The summed E-state index contributed by atoms with van der Waals surface area (Å²) in [6.45, 7) is 3.35. The summed E-state index contributed by atoms with van der Waals surface area (Å²) in [4.78, 5) is 20.1. The van der Waals surface area contributed by atoms with Crippen molar-refractivity contribution in [3.05, 3.63) is 23.6 Å². The maximum Gasteiger partial charge on any atom is 0.255 e. The third kappa shape index (κ3) is 3.43. The van der Waals surface area contributed by atoms with E-state index in [9.17, 15) is 9.18 Å². The van der Waals surface area contributed by atoms with E-state index in [4.69, 9.17) is 5.73 Å². The van der Waals surface area contributed by atoms with Gasteiger partial charge in [0.25, 0.3) is 5.91 Å². The van der Waals surface area contributed by atoms with Gasteiger partial charge in [0.2, 0.25) is 0 Å². The van der Waals surface area contributed by atoms with Gasteiger partial charge in [-0.3, -0.25) is 9.69 Å². The smallest absolute Gasteiger partial charge is 0.255 e. The van der Waals surface area contributed by atoms with Gasteiger partial charge >= 0.3 is 0 Å². The van der Waals surface area contributed by atoms with Gasteiger partial charge in [-0.15, -0.1) is 0 Å². The van der Waals surface area contributed by atoms with Crippen molar-refractivity contribution in [3.63, 3.8) is 0 Å². The molecular weight excluding hydrogens is 261 g/mol. The SMILES string of the molecule is CN1CCN(C)C(CNC(=O)c2cc(F)cnc2N)C1. The number of carbonyl (C=O) groups is 1. The summed E-state index contributed by atoms with van der Waals surface area (Å²) >= 11 is 0. The Labute approximate surface area is 117 Å². The molecule has 20 heavy (non-hydrogen) atoms. The molecule has 0 saturated carbocycles. The average molecular weight is 281 g/mol. The van der Waals surface area contributed by atoms with Gasteiger partial charge in [0, 0.05) is 32.2 Å². The third-order valence-corrected chi connectivity index (χ3v) is 3.61. The van der Waals surface area contributed by atoms with E-state index >= 15 is 0 Å². The topological polar surface area (TPSA) is 74.5 Å². The van der Waals surface area contributed by atoms with Gasteiger partial charge in [0.1, 0.15) is 11.6 Å². The number of halogens is 1. The lowest BCUT2D eigenvalue weighted by Crippen LogP contribution is -2.54. The molecule has 1 aromatic heterocycles. The highest BCUT2D eigenvalue weighted by Crippen LogP contribution is 2.10. The Morgan fingerprint density at radius 2 is 2.30 bits per heavy atom. The van der Waals surface area contributed by atoms with Gasteiger partial charge < -0.3 is 16.0 Å². The van der Waals surface area contributed by atoms with E-state index in [0.717, 1.165) is 31.9 Å². The maximum absolute atomic E-state index is 13.1. The van der Waals surface area contributed by atoms with Gasteiger partial charge in [-0.2, -0.15) is 0 Å². The van der Waals surface area contributed by atoms with Crippen LogP contribution in [0.3, 0.4) is 0 Å². The number of likely N-dealkylation sites (N-methyl/N-ethyl adjacent to an activating group) is 2. The van der Waals surface area contributed by atoms with Crippen molar-refractivity contribution < 1.29 is 9.18 Å². The molecule has 6 nitrogen and oxygen atoms in total. The normalized spacial score (nSPS) is 20.9. The molecule has 3 N–H and O–H groups in total. The molecule has 0 bridgehead atoms. The number of hydrogen-bond acceptors (Lipinski definition) is 5. The number of nitrogen functional groups attached to an aromatic ring is 1. The summed E-state index contributed by atoms with van der Waals surface area (Å²) in [7, 11) is 4.08. The molecule has 1 aromatic rings. The molecule has 2 heterocycles. The van der Waals surface area contributed by atoms with Crippen LogP contribution in [0.15, 0.2) is 12.3 Å². The Balaban J connectivity index is 1.96. The number of rotatable bonds is 3. The number of piperazine rings is 1. The molecule has 1 aliphatic rings. The molecule has 1 aliphatic heterocycles. The number of pyridine rings is 1. The fourth-order valence-electron chi connectivity index (χ4n) is 2.26. The van der Waals surface area contributed by atoms with Gasteiger partial charge in [-0.1, -0.05) is 0 Å². The van der Waals surface area contributed by atoms with Crippen molar-refractivity contribution in [2.45, 2.75) is 6.04 Å². The zero-order valence-electron chi connectivity index (χ0n) is 11.8. The van der Waals surface area contributed by atoms with E-state index < -0.39 is 11.7 Å². The van der Waals surface area contributed by atoms with Gasteiger partial charge in [-0.25, -0.2) is 9.37 Å². The summed E-state index contributed by atoms with van der Waals surface area (Å²) in [5.41, 5.74) is 5.67. The lowest BCUT2D eigenvalue weighted by molar-refractivity contribution is 0.0881. The fourth-order valence-corrected chi connectivity index (χ4v) is 2.26. The summed E-state index contributed by atoms with van der Waals surface area (Å²) in [5.74, 6) is -0.923. The van der Waals surface area contributed by atoms with Gasteiger partial charge in [-0.05, 0) is 20.2 Å². The van der Waals surface area contributed by atoms with Crippen molar-refractivity contribution in [2.75, 3.05) is 46.0 Å². The van der Waals surface area contributed by atoms with Crippen LogP contribution < -0.4 is 11.1 Å². The molecule has 110 valence electrons. The lowest BCUT2D eigenvalue weighted by atomic mass is 10.1. The van der Waals surface area contributed by atoms with Crippen molar-refractivity contribution in [2.24, 2.45) is 0 Å². The molecule has 0 radical (unpaired) electrons. The number of aromatic nitrogens is 1. The number of nitrogens with zero attached hydrogens (tertiary/aromatic N) is 3. The largest absolute Gasteiger partial charge is 0.383 e. The van der Waals surface area contributed by atoms with E-state index in [0.29, 0.717) is 6.54 Å². The summed E-state index contributed by atoms with van der Waals surface area (Å²) in [6, 6.07) is 1.34. The first-order chi connectivity index (χ1) is 9.47. The van der Waals surface area contributed by atoms with E-state index in [-0.39, 0.29) is 17.4 Å². The van der Waals surface area contributed by atoms with Crippen LogP contribution >= 0.6 is 0 Å². The lowest BCUT2D eigenvalue weighted by Gasteiger charge is -2.37. The molecule has 1 unspecified atom stereocenters. The summed E-state index contributed by atoms with van der Waals surface area (Å²) in [5, 5.41) is 2.79. The molecule has 0 spiro atoms. The number of amides is 1. The fraction of sp³-hybridized carbons (Fsp3) is 0.538. The number of anilines is 1. The minimum atomic E-state index is -0.570. The Kier molecular flexibility index (Phi) is 4.51. The van der Waals surface area contributed by atoms with Crippen LogP contribution in [0.2, 0.25) is 0 Å². The minimum Gasteiger partial charge on any atom is -0.383 e. The number of carbonyl (C=O) groups excluding carboxylic acids is 1. The van der Waals surface area contributed by atoms with Gasteiger partial charge in [0.15, 0.2) is 0 Å². The quantitative estimate of drug-likeness (QED) is 0.801. The summed E-state index contributed by atoms with van der Waals surface area (Å²) in [6.07, 6.45) is 0.996. The molecule has 1 atom stereocenters. The van der Waals surface area contributed by atoms with E-state index in [1.807, 2.05) is 7.05 Å². The molecule has 0 aliphatic carbocycles. The second-order valence-corrected chi connectivity index (χ2v) is 5.19. The predicted octanol–water partition coefficient (Wildman–Crippen LogP) is -0.221. The standard InChI is InChI=1S/C13H20FN5O/c1-18-3-4-19(2)10(8-18)7-17-13(20)11-5-9(14)6-16-12(11)15/h5-6,10H,3-4,7-8H2,1-2H3,(H2,15,16)(H,17,20). The first-order valence-electron chi connectivity index (χ1n) is 6.55. The van der Waals surface area contributed by atoms with E-state index in [1.165, 1.54) is 0 Å². The predicted molar refractivity (Wildman–Crippen MR) is 74.9 cm³/mol.